The topological polar surface area (TPSA) is 83.8 Å². The van der Waals surface area contributed by atoms with Gasteiger partial charge in [0.05, 0.1) is 17.9 Å². The van der Waals surface area contributed by atoms with Gasteiger partial charge in [0.25, 0.3) is 0 Å². The molecule has 0 radical (unpaired) electrons. The minimum absolute atomic E-state index is 0. The predicted molar refractivity (Wildman–Crippen MR) is 114 cm³/mol. The summed E-state index contributed by atoms with van der Waals surface area (Å²) in [6.45, 7) is 2.08. The number of carbonyl (C=O) groups excluding carboxylic acids is 1. The van der Waals surface area contributed by atoms with Gasteiger partial charge in [0.15, 0.2) is 0 Å². The molecule has 28 heavy (non-hydrogen) atoms. The molecule has 2 fully saturated rings. The van der Waals surface area contributed by atoms with Crippen molar-refractivity contribution in [1.82, 2.24) is 15.3 Å². The summed E-state index contributed by atoms with van der Waals surface area (Å²) >= 11 is 0. The van der Waals surface area contributed by atoms with Crippen molar-refractivity contribution in [2.24, 2.45) is 23.5 Å². The second-order valence-electron chi connectivity index (χ2n) is 8.21. The molecule has 2 aliphatic carbocycles. The molecule has 4 rings (SSSR count). The molecule has 1 amide bonds. The van der Waals surface area contributed by atoms with E-state index in [1.165, 1.54) is 19.3 Å². The number of nitrogens with two attached hydrogens (primary N) is 1. The first kappa shape index (κ1) is 20.9. The number of H-pyrrole nitrogens is 1. The highest BCUT2D eigenvalue weighted by molar-refractivity contribution is 5.85. The van der Waals surface area contributed by atoms with Crippen LogP contribution < -0.4 is 11.1 Å². The normalized spacial score (nSPS) is 27.5. The summed E-state index contributed by atoms with van der Waals surface area (Å²) in [5.41, 5.74) is 8.46. The number of nitrogens with zero attached hydrogens (tertiary/aromatic N) is 1. The molecule has 0 spiro atoms. The van der Waals surface area contributed by atoms with Crippen LogP contribution in [-0.2, 0) is 4.79 Å². The Morgan fingerprint density at radius 2 is 1.93 bits per heavy atom. The molecule has 5 nitrogen and oxygen atoms in total. The van der Waals surface area contributed by atoms with Crippen molar-refractivity contribution in [3.63, 3.8) is 0 Å². The SMILES string of the molecule is CCC(NC(=O)C1CC2CCCC(C1)C2N)c1ncc(-c2ccccc2)[nH]1.Cl. The van der Waals surface area contributed by atoms with E-state index in [0.717, 1.165) is 36.3 Å². The Morgan fingerprint density at radius 3 is 2.57 bits per heavy atom. The highest BCUT2D eigenvalue weighted by atomic mass is 35.5. The molecule has 6 heteroatoms. The van der Waals surface area contributed by atoms with Gasteiger partial charge in [-0.25, -0.2) is 4.98 Å². The van der Waals surface area contributed by atoms with Gasteiger partial charge in [-0.3, -0.25) is 4.79 Å². The average molecular weight is 403 g/mol. The molecule has 2 aliphatic rings. The van der Waals surface area contributed by atoms with Crippen LogP contribution >= 0.6 is 12.4 Å². The van der Waals surface area contributed by atoms with Gasteiger partial charge < -0.3 is 16.0 Å². The van der Waals surface area contributed by atoms with Crippen molar-refractivity contribution in [3.8, 4) is 11.3 Å². The third kappa shape index (κ3) is 4.26. The number of aromatic nitrogens is 2. The van der Waals surface area contributed by atoms with Crippen LogP contribution in [0.3, 0.4) is 0 Å². The number of imidazole rings is 1. The van der Waals surface area contributed by atoms with E-state index in [0.29, 0.717) is 17.9 Å². The van der Waals surface area contributed by atoms with Crippen LogP contribution in [0.25, 0.3) is 11.3 Å². The van der Waals surface area contributed by atoms with Crippen molar-refractivity contribution in [3.05, 3.63) is 42.4 Å². The Balaban J connectivity index is 0.00000225. The van der Waals surface area contributed by atoms with Gasteiger partial charge >= 0.3 is 0 Å². The van der Waals surface area contributed by atoms with E-state index in [9.17, 15) is 4.79 Å². The lowest BCUT2D eigenvalue weighted by Crippen LogP contribution is -2.49. The van der Waals surface area contributed by atoms with Crippen LogP contribution in [0.1, 0.15) is 57.3 Å². The first-order valence-corrected chi connectivity index (χ1v) is 10.3. The number of fused-ring (bicyclic) bond motifs is 2. The Kier molecular flexibility index (Phi) is 6.78. The summed E-state index contributed by atoms with van der Waals surface area (Å²) in [4.78, 5) is 20.9. The zero-order valence-corrected chi connectivity index (χ0v) is 17.3. The Morgan fingerprint density at radius 1 is 1.25 bits per heavy atom. The number of nitrogens with one attached hydrogen (secondary N) is 2. The molecular formula is C22H31ClN4O. The van der Waals surface area contributed by atoms with Gasteiger partial charge in [-0.2, -0.15) is 0 Å². The van der Waals surface area contributed by atoms with Crippen LogP contribution in [0.2, 0.25) is 0 Å². The van der Waals surface area contributed by atoms with E-state index >= 15 is 0 Å². The minimum Gasteiger partial charge on any atom is -0.346 e. The van der Waals surface area contributed by atoms with E-state index in [4.69, 9.17) is 5.73 Å². The highest BCUT2D eigenvalue weighted by Gasteiger charge is 2.40. The Labute approximate surface area is 173 Å². The summed E-state index contributed by atoms with van der Waals surface area (Å²) in [5.74, 6) is 2.13. The Bertz CT molecular complexity index is 764. The molecule has 4 N–H and O–H groups in total. The lowest BCUT2D eigenvalue weighted by atomic mass is 9.65. The van der Waals surface area contributed by atoms with Gasteiger partial charge in [-0.05, 0) is 49.5 Å². The van der Waals surface area contributed by atoms with Crippen LogP contribution in [0, 0.1) is 17.8 Å². The first-order valence-electron chi connectivity index (χ1n) is 10.3. The standard InChI is InChI=1S/C22H30N4O.ClH/c1-2-18(21-24-13-19(25-21)14-7-4-3-5-8-14)26-22(27)17-11-15-9-6-10-16(12-17)20(15)23;/h3-5,7-8,13,15-18,20H,2,6,9-12,23H2,1H3,(H,24,25)(H,26,27);1H. The van der Waals surface area contributed by atoms with E-state index < -0.39 is 0 Å². The van der Waals surface area contributed by atoms with Gasteiger partial charge in [0, 0.05) is 12.0 Å². The van der Waals surface area contributed by atoms with Crippen molar-refractivity contribution < 1.29 is 4.79 Å². The fourth-order valence-corrected chi connectivity index (χ4v) is 4.93. The number of amides is 1. The fourth-order valence-electron chi connectivity index (χ4n) is 4.93. The van der Waals surface area contributed by atoms with Crippen LogP contribution in [0.4, 0.5) is 0 Å². The molecule has 1 heterocycles. The summed E-state index contributed by atoms with van der Waals surface area (Å²) in [6, 6.07) is 10.4. The molecule has 1 aromatic heterocycles. The number of halogens is 1. The molecule has 2 saturated carbocycles. The zero-order valence-electron chi connectivity index (χ0n) is 16.4. The number of rotatable bonds is 5. The van der Waals surface area contributed by atoms with Crippen molar-refractivity contribution >= 4 is 18.3 Å². The lowest BCUT2D eigenvalue weighted by molar-refractivity contribution is -0.128. The number of aromatic amines is 1. The monoisotopic (exact) mass is 402 g/mol. The van der Waals surface area contributed by atoms with E-state index in [1.54, 1.807) is 0 Å². The molecule has 0 aliphatic heterocycles. The third-order valence-corrected chi connectivity index (χ3v) is 6.52. The molecule has 0 saturated heterocycles. The maximum atomic E-state index is 13.0. The van der Waals surface area contributed by atoms with Crippen LogP contribution in [-0.4, -0.2) is 21.9 Å². The fraction of sp³-hybridized carbons (Fsp3) is 0.545. The predicted octanol–water partition coefficient (Wildman–Crippen LogP) is 4.22. The highest BCUT2D eigenvalue weighted by Crippen LogP contribution is 2.42. The van der Waals surface area contributed by atoms with Gasteiger partial charge in [0.2, 0.25) is 5.91 Å². The van der Waals surface area contributed by atoms with Gasteiger partial charge in [-0.1, -0.05) is 43.7 Å². The average Bonchev–Trinajstić information content (AvgIpc) is 3.16. The lowest BCUT2D eigenvalue weighted by Gasteiger charge is -2.43. The maximum absolute atomic E-state index is 13.0. The van der Waals surface area contributed by atoms with Crippen molar-refractivity contribution in [2.75, 3.05) is 0 Å². The van der Waals surface area contributed by atoms with E-state index in [2.05, 4.69) is 34.3 Å². The molecule has 3 atom stereocenters. The summed E-state index contributed by atoms with van der Waals surface area (Å²) in [5, 5.41) is 3.25. The summed E-state index contributed by atoms with van der Waals surface area (Å²) in [6.07, 6.45) is 8.16. The second kappa shape index (κ2) is 9.10. The largest absolute Gasteiger partial charge is 0.346 e. The number of hydrogen-bond donors (Lipinski definition) is 3. The molecule has 2 aromatic rings. The van der Waals surface area contributed by atoms with E-state index in [-0.39, 0.29) is 30.3 Å². The zero-order chi connectivity index (χ0) is 18.8. The molecule has 3 unspecified atom stereocenters. The molecule has 1 aromatic carbocycles. The van der Waals surface area contributed by atoms with E-state index in [1.807, 2.05) is 24.4 Å². The number of hydrogen-bond acceptors (Lipinski definition) is 3. The minimum atomic E-state index is -0.0783. The van der Waals surface area contributed by atoms with Crippen LogP contribution in [0.5, 0.6) is 0 Å². The Hall–Kier alpha value is -1.85. The second-order valence-corrected chi connectivity index (χ2v) is 8.21. The van der Waals surface area contributed by atoms with Gasteiger partial charge in [-0.15, -0.1) is 12.4 Å². The quantitative estimate of drug-likeness (QED) is 0.700. The molecule has 2 bridgehead atoms. The van der Waals surface area contributed by atoms with Crippen molar-refractivity contribution in [1.29, 1.82) is 0 Å². The third-order valence-electron chi connectivity index (χ3n) is 6.52. The summed E-state index contributed by atoms with van der Waals surface area (Å²) < 4.78 is 0. The number of carbonyl (C=O) groups is 1. The smallest absolute Gasteiger partial charge is 0.223 e. The molecular weight excluding hydrogens is 372 g/mol. The van der Waals surface area contributed by atoms with Crippen LogP contribution in [0.15, 0.2) is 36.5 Å². The first-order chi connectivity index (χ1) is 13.2. The van der Waals surface area contributed by atoms with Crippen molar-refractivity contribution in [2.45, 2.75) is 57.5 Å². The summed E-state index contributed by atoms with van der Waals surface area (Å²) in [7, 11) is 0. The number of benzene rings is 1. The van der Waals surface area contributed by atoms with Gasteiger partial charge in [0.1, 0.15) is 5.82 Å². The molecule has 152 valence electrons. The maximum Gasteiger partial charge on any atom is 0.223 e.